The molecule has 2 fully saturated rings. The van der Waals surface area contributed by atoms with E-state index in [1.54, 1.807) is 0 Å². The summed E-state index contributed by atoms with van der Waals surface area (Å²) in [5.41, 5.74) is 0. The molecule has 7 nitrogen and oxygen atoms in total. The van der Waals surface area contributed by atoms with Crippen LogP contribution in [0.15, 0.2) is 23.1 Å². The number of carbonyl (C=O) groups is 2. The number of sulfonamides is 1. The highest BCUT2D eigenvalue weighted by Gasteiger charge is 2.42. The number of rotatable bonds is 5. The summed E-state index contributed by atoms with van der Waals surface area (Å²) in [5, 5.41) is 12.4. The van der Waals surface area contributed by atoms with E-state index in [0.29, 0.717) is 25.7 Å². The average molecular weight is 435 g/mol. The topological polar surface area (TPSA) is 104 Å². The molecule has 1 saturated heterocycles. The van der Waals surface area contributed by atoms with Gasteiger partial charge in [-0.1, -0.05) is 29.6 Å². The molecule has 0 bridgehead atoms. The minimum atomic E-state index is -3.95. The largest absolute Gasteiger partial charge is 0.481 e. The third-order valence-electron chi connectivity index (χ3n) is 5.11. The molecule has 2 N–H and O–H groups in total. The van der Waals surface area contributed by atoms with E-state index in [2.05, 4.69) is 5.32 Å². The van der Waals surface area contributed by atoms with E-state index in [0.717, 1.165) is 10.7 Å². The summed E-state index contributed by atoms with van der Waals surface area (Å²) in [4.78, 5) is 24.0. The molecule has 1 aromatic carbocycles. The van der Waals surface area contributed by atoms with Gasteiger partial charge in [-0.2, -0.15) is 4.31 Å². The summed E-state index contributed by atoms with van der Waals surface area (Å²) in [6, 6.07) is 2.69. The average Bonchev–Trinajstić information content (AvgIpc) is 3.23. The highest BCUT2D eigenvalue weighted by Crippen LogP contribution is 2.31. The zero-order chi connectivity index (χ0) is 19.8. The van der Waals surface area contributed by atoms with Crippen LogP contribution < -0.4 is 5.32 Å². The van der Waals surface area contributed by atoms with Gasteiger partial charge in [-0.3, -0.25) is 9.59 Å². The van der Waals surface area contributed by atoms with Crippen molar-refractivity contribution in [3.05, 3.63) is 28.2 Å². The Morgan fingerprint density at radius 3 is 2.37 bits per heavy atom. The van der Waals surface area contributed by atoms with Crippen LogP contribution in [0.5, 0.6) is 0 Å². The van der Waals surface area contributed by atoms with Crippen molar-refractivity contribution in [1.29, 1.82) is 0 Å². The number of nitrogens with one attached hydrogen (secondary N) is 1. The minimum absolute atomic E-state index is 0.0658. The Bertz CT molecular complexity index is 841. The molecule has 1 aromatic rings. The first-order chi connectivity index (χ1) is 12.7. The van der Waals surface area contributed by atoms with Crippen LogP contribution in [-0.4, -0.2) is 48.3 Å². The Kier molecular flexibility index (Phi) is 6.00. The van der Waals surface area contributed by atoms with Gasteiger partial charge in [0.05, 0.1) is 10.8 Å². The molecule has 1 amide bonds. The molecule has 27 heavy (non-hydrogen) atoms. The highest BCUT2D eigenvalue weighted by atomic mass is 35.5. The minimum Gasteiger partial charge on any atom is -0.481 e. The number of aliphatic carboxylic acids is 1. The second-order valence-electron chi connectivity index (χ2n) is 6.87. The van der Waals surface area contributed by atoms with Crippen molar-refractivity contribution < 1.29 is 23.1 Å². The Balaban J connectivity index is 1.80. The third kappa shape index (κ3) is 4.23. The maximum Gasteiger partial charge on any atom is 0.308 e. The van der Waals surface area contributed by atoms with E-state index < -0.39 is 39.9 Å². The van der Waals surface area contributed by atoms with Crippen molar-refractivity contribution in [3.8, 4) is 0 Å². The first-order valence-electron chi connectivity index (χ1n) is 8.71. The van der Waals surface area contributed by atoms with Crippen LogP contribution in [0.25, 0.3) is 0 Å². The first-order valence-corrected chi connectivity index (χ1v) is 10.9. The zero-order valence-electron chi connectivity index (χ0n) is 14.4. The van der Waals surface area contributed by atoms with E-state index in [4.69, 9.17) is 23.2 Å². The summed E-state index contributed by atoms with van der Waals surface area (Å²) < 4.78 is 27.1. The zero-order valence-corrected chi connectivity index (χ0v) is 16.7. The number of carboxylic acids is 1. The van der Waals surface area contributed by atoms with Gasteiger partial charge >= 0.3 is 5.97 Å². The fraction of sp³-hybridized carbons (Fsp3) is 0.529. The first kappa shape index (κ1) is 20.4. The number of amides is 1. The molecule has 3 rings (SSSR count). The molecule has 3 atom stereocenters. The van der Waals surface area contributed by atoms with Gasteiger partial charge in [-0.15, -0.1) is 0 Å². The fourth-order valence-electron chi connectivity index (χ4n) is 3.81. The van der Waals surface area contributed by atoms with Gasteiger partial charge in [0.25, 0.3) is 0 Å². The van der Waals surface area contributed by atoms with Crippen LogP contribution in [0.2, 0.25) is 10.0 Å². The van der Waals surface area contributed by atoms with Crippen LogP contribution in [0.1, 0.15) is 32.1 Å². The Hall–Kier alpha value is -1.35. The number of hydrogen-bond acceptors (Lipinski definition) is 4. The van der Waals surface area contributed by atoms with E-state index in [-0.39, 0.29) is 21.5 Å². The second kappa shape index (κ2) is 7.95. The van der Waals surface area contributed by atoms with Gasteiger partial charge in [0.15, 0.2) is 0 Å². The van der Waals surface area contributed by atoms with Gasteiger partial charge in [-0.25, -0.2) is 8.42 Å². The van der Waals surface area contributed by atoms with E-state index in [9.17, 15) is 23.1 Å². The number of halogens is 2. The molecule has 1 aliphatic carbocycles. The van der Waals surface area contributed by atoms with Crippen LogP contribution in [0.3, 0.4) is 0 Å². The second-order valence-corrected chi connectivity index (χ2v) is 9.63. The summed E-state index contributed by atoms with van der Waals surface area (Å²) in [6.07, 6.45) is 2.72. The number of carboxylic acid groups (broad SMARTS) is 1. The van der Waals surface area contributed by atoms with Crippen molar-refractivity contribution >= 4 is 45.1 Å². The molecule has 2 aliphatic rings. The molecule has 148 valence electrons. The Morgan fingerprint density at radius 1 is 1.07 bits per heavy atom. The van der Waals surface area contributed by atoms with E-state index in [1.807, 2.05) is 0 Å². The van der Waals surface area contributed by atoms with Gasteiger partial charge in [0.1, 0.15) is 6.04 Å². The molecular formula is C17H20Cl2N2O5S. The van der Waals surface area contributed by atoms with E-state index in [1.165, 1.54) is 18.2 Å². The molecule has 0 spiro atoms. The SMILES string of the molecule is O=C(O)C1CCCC1NC(=O)C1CCCN1S(=O)(=O)c1cc(Cl)cc(Cl)c1. The van der Waals surface area contributed by atoms with Gasteiger partial charge in [0, 0.05) is 22.6 Å². The molecule has 1 saturated carbocycles. The predicted octanol–water partition coefficient (Wildman–Crippen LogP) is 2.52. The van der Waals surface area contributed by atoms with Crippen LogP contribution >= 0.6 is 23.2 Å². The normalized spacial score (nSPS) is 26.2. The van der Waals surface area contributed by atoms with Gasteiger partial charge in [0.2, 0.25) is 15.9 Å². The standard InChI is InChI=1S/C17H20Cl2N2O5S/c18-10-7-11(19)9-12(8-10)27(25,26)21-6-2-5-15(21)16(22)20-14-4-1-3-13(14)17(23)24/h7-9,13-15H,1-6H2,(H,20,22)(H,23,24). The lowest BCUT2D eigenvalue weighted by Crippen LogP contribution is -2.50. The van der Waals surface area contributed by atoms with Crippen molar-refractivity contribution in [2.45, 2.75) is 49.1 Å². The fourth-order valence-corrected chi connectivity index (χ4v) is 6.19. The molecule has 0 aromatic heterocycles. The smallest absolute Gasteiger partial charge is 0.308 e. The van der Waals surface area contributed by atoms with Gasteiger partial charge < -0.3 is 10.4 Å². The Morgan fingerprint density at radius 2 is 1.74 bits per heavy atom. The molecule has 0 radical (unpaired) electrons. The van der Waals surface area contributed by atoms with Crippen molar-refractivity contribution in [2.75, 3.05) is 6.54 Å². The molecular weight excluding hydrogens is 415 g/mol. The Labute approximate surface area is 167 Å². The summed E-state index contributed by atoms with van der Waals surface area (Å²) in [7, 11) is -3.95. The number of hydrogen-bond donors (Lipinski definition) is 2. The lowest BCUT2D eigenvalue weighted by molar-refractivity contribution is -0.142. The lowest BCUT2D eigenvalue weighted by atomic mass is 10.0. The predicted molar refractivity (Wildman–Crippen MR) is 100 cm³/mol. The number of carbonyl (C=O) groups excluding carboxylic acids is 1. The lowest BCUT2D eigenvalue weighted by Gasteiger charge is -2.26. The van der Waals surface area contributed by atoms with Crippen LogP contribution in [-0.2, 0) is 19.6 Å². The summed E-state index contributed by atoms with van der Waals surface area (Å²) in [5.74, 6) is -2.03. The monoisotopic (exact) mass is 434 g/mol. The van der Waals surface area contributed by atoms with Crippen LogP contribution in [0.4, 0.5) is 0 Å². The van der Waals surface area contributed by atoms with Gasteiger partial charge in [-0.05, 0) is 43.9 Å². The van der Waals surface area contributed by atoms with Crippen molar-refractivity contribution in [2.24, 2.45) is 5.92 Å². The van der Waals surface area contributed by atoms with Crippen molar-refractivity contribution in [3.63, 3.8) is 0 Å². The third-order valence-corrected chi connectivity index (χ3v) is 7.43. The number of benzene rings is 1. The van der Waals surface area contributed by atoms with Crippen molar-refractivity contribution in [1.82, 2.24) is 9.62 Å². The highest BCUT2D eigenvalue weighted by molar-refractivity contribution is 7.89. The molecule has 10 heteroatoms. The maximum absolute atomic E-state index is 13.0. The summed E-state index contributed by atoms with van der Waals surface area (Å²) >= 11 is 11.8. The summed E-state index contributed by atoms with van der Waals surface area (Å²) in [6.45, 7) is 0.206. The quantitative estimate of drug-likeness (QED) is 0.740. The van der Waals surface area contributed by atoms with Crippen LogP contribution in [0, 0.1) is 5.92 Å². The van der Waals surface area contributed by atoms with E-state index >= 15 is 0 Å². The molecule has 3 unspecified atom stereocenters. The maximum atomic E-state index is 13.0. The number of nitrogens with zero attached hydrogens (tertiary/aromatic N) is 1. The molecule has 1 heterocycles. The molecule has 1 aliphatic heterocycles.